The molecule has 21 heavy (non-hydrogen) atoms. The first-order chi connectivity index (χ1) is 9.81. The number of carbonyl (C=O) groups excluding carboxylic acids is 2. The lowest BCUT2D eigenvalue weighted by Crippen LogP contribution is -2.52. The summed E-state index contributed by atoms with van der Waals surface area (Å²) in [5.74, 6) is -2.61. The Balaban J connectivity index is 2.29. The van der Waals surface area contributed by atoms with E-state index in [1.807, 2.05) is 5.32 Å². The molecule has 2 amide bonds. The number of nitrogens with one attached hydrogen (secondary N) is 2. The summed E-state index contributed by atoms with van der Waals surface area (Å²) in [6.07, 6.45) is 0.0403. The number of amides is 2. The van der Waals surface area contributed by atoms with Crippen molar-refractivity contribution in [1.29, 1.82) is 0 Å². The van der Waals surface area contributed by atoms with Crippen LogP contribution in [0, 0.1) is 0 Å². The van der Waals surface area contributed by atoms with Gasteiger partial charge < -0.3 is 5.11 Å². The number of aromatic carboxylic acids is 1. The molecule has 112 valence electrons. The van der Waals surface area contributed by atoms with Gasteiger partial charge in [0.1, 0.15) is 6.04 Å². The fraction of sp³-hybridized carbons (Fsp3) is 0.250. The molecule has 1 atom stereocenters. The topological polar surface area (TPSA) is 130 Å². The van der Waals surface area contributed by atoms with Crippen LogP contribution in [0.5, 0.6) is 0 Å². The molecule has 2 rings (SSSR count). The number of piperidine rings is 1. The summed E-state index contributed by atoms with van der Waals surface area (Å²) >= 11 is 0. The first-order valence-corrected chi connectivity index (χ1v) is 7.48. The second kappa shape index (κ2) is 5.62. The largest absolute Gasteiger partial charge is 0.478 e. The van der Waals surface area contributed by atoms with Crippen LogP contribution in [0.15, 0.2) is 29.2 Å². The van der Waals surface area contributed by atoms with Gasteiger partial charge in [-0.25, -0.2) is 13.2 Å². The van der Waals surface area contributed by atoms with Gasteiger partial charge in [0, 0.05) is 6.42 Å². The number of hydrogen-bond donors (Lipinski definition) is 3. The normalized spacial score (nSPS) is 19.1. The molecule has 0 aromatic heterocycles. The zero-order valence-corrected chi connectivity index (χ0v) is 11.5. The van der Waals surface area contributed by atoms with Crippen molar-refractivity contribution >= 4 is 27.8 Å². The van der Waals surface area contributed by atoms with Crippen LogP contribution in [0.1, 0.15) is 23.2 Å². The third-order valence-electron chi connectivity index (χ3n) is 2.94. The second-order valence-corrected chi connectivity index (χ2v) is 6.11. The van der Waals surface area contributed by atoms with Gasteiger partial charge in [-0.15, -0.1) is 0 Å². The molecule has 1 aromatic rings. The van der Waals surface area contributed by atoms with Gasteiger partial charge >= 0.3 is 5.97 Å². The van der Waals surface area contributed by atoms with Crippen molar-refractivity contribution in [3.05, 3.63) is 29.8 Å². The highest BCUT2D eigenvalue weighted by molar-refractivity contribution is 7.89. The Morgan fingerprint density at radius 1 is 1.29 bits per heavy atom. The van der Waals surface area contributed by atoms with E-state index in [1.54, 1.807) is 0 Å². The zero-order valence-electron chi connectivity index (χ0n) is 10.7. The number of hydrogen-bond acceptors (Lipinski definition) is 5. The third kappa shape index (κ3) is 3.26. The van der Waals surface area contributed by atoms with Crippen molar-refractivity contribution in [3.8, 4) is 0 Å². The monoisotopic (exact) mass is 312 g/mol. The Morgan fingerprint density at radius 3 is 2.57 bits per heavy atom. The molecule has 0 radical (unpaired) electrons. The Kier molecular flexibility index (Phi) is 4.05. The second-order valence-electron chi connectivity index (χ2n) is 4.43. The van der Waals surface area contributed by atoms with Gasteiger partial charge in [-0.1, -0.05) is 12.1 Å². The quantitative estimate of drug-likeness (QED) is 0.641. The summed E-state index contributed by atoms with van der Waals surface area (Å²) < 4.78 is 26.5. The number of carbonyl (C=O) groups is 3. The van der Waals surface area contributed by atoms with Gasteiger partial charge in [0.15, 0.2) is 0 Å². The van der Waals surface area contributed by atoms with E-state index in [9.17, 15) is 22.8 Å². The summed E-state index contributed by atoms with van der Waals surface area (Å²) in [5.41, 5.74) is -0.391. The van der Waals surface area contributed by atoms with Gasteiger partial charge in [-0.05, 0) is 18.6 Å². The van der Waals surface area contributed by atoms with Gasteiger partial charge in [-0.3, -0.25) is 14.9 Å². The molecule has 8 nitrogen and oxygen atoms in total. The highest BCUT2D eigenvalue weighted by Crippen LogP contribution is 2.17. The van der Waals surface area contributed by atoms with Crippen LogP contribution in [0.3, 0.4) is 0 Å². The summed E-state index contributed by atoms with van der Waals surface area (Å²) in [5, 5.41) is 11.0. The molecule has 1 fully saturated rings. The van der Waals surface area contributed by atoms with E-state index in [2.05, 4.69) is 4.72 Å². The SMILES string of the molecule is O=C1CCC(NS(=O)(=O)c2ccccc2C(=O)O)C(=O)N1. The number of carboxylic acid groups (broad SMARTS) is 1. The van der Waals surface area contributed by atoms with E-state index in [0.717, 1.165) is 12.1 Å². The lowest BCUT2D eigenvalue weighted by atomic mass is 10.1. The fourth-order valence-electron chi connectivity index (χ4n) is 1.93. The first kappa shape index (κ1) is 15.1. The van der Waals surface area contributed by atoms with E-state index in [-0.39, 0.29) is 12.8 Å². The third-order valence-corrected chi connectivity index (χ3v) is 4.47. The molecule has 1 aliphatic rings. The lowest BCUT2D eigenvalue weighted by molar-refractivity contribution is -0.134. The number of rotatable bonds is 4. The van der Waals surface area contributed by atoms with Crippen molar-refractivity contribution in [2.75, 3.05) is 0 Å². The maximum atomic E-state index is 12.2. The van der Waals surface area contributed by atoms with E-state index >= 15 is 0 Å². The average Bonchev–Trinajstić information content (AvgIpc) is 2.42. The predicted octanol–water partition coefficient (Wildman–Crippen LogP) is -0.532. The highest BCUT2D eigenvalue weighted by atomic mass is 32.2. The van der Waals surface area contributed by atoms with Gasteiger partial charge in [0.2, 0.25) is 21.8 Å². The Hall–Kier alpha value is -2.26. The number of sulfonamides is 1. The molecule has 1 aliphatic heterocycles. The number of imide groups is 1. The van der Waals surface area contributed by atoms with Crippen LogP contribution < -0.4 is 10.0 Å². The van der Waals surface area contributed by atoms with Crippen LogP contribution in [0.4, 0.5) is 0 Å². The minimum Gasteiger partial charge on any atom is -0.478 e. The minimum absolute atomic E-state index is 0.0134. The Labute approximate surface area is 120 Å². The fourth-order valence-corrected chi connectivity index (χ4v) is 3.36. The highest BCUT2D eigenvalue weighted by Gasteiger charge is 2.32. The van der Waals surface area contributed by atoms with E-state index in [0.29, 0.717) is 0 Å². The van der Waals surface area contributed by atoms with Crippen LogP contribution in [-0.2, 0) is 19.6 Å². The summed E-state index contributed by atoms with van der Waals surface area (Å²) in [6.45, 7) is 0. The molecule has 0 aliphatic carbocycles. The van der Waals surface area contributed by atoms with Crippen molar-refractivity contribution in [2.45, 2.75) is 23.8 Å². The molecule has 0 saturated carbocycles. The maximum Gasteiger partial charge on any atom is 0.337 e. The molecule has 1 aromatic carbocycles. The standard InChI is InChI=1S/C12H12N2O6S/c15-10-6-5-8(11(16)13-10)14-21(19,20)9-4-2-1-3-7(9)12(17)18/h1-4,8,14H,5-6H2,(H,17,18)(H,13,15,16). The summed E-state index contributed by atoms with van der Waals surface area (Å²) in [4.78, 5) is 33.2. The smallest absolute Gasteiger partial charge is 0.337 e. The molecule has 1 saturated heterocycles. The predicted molar refractivity (Wildman–Crippen MR) is 69.9 cm³/mol. The maximum absolute atomic E-state index is 12.2. The summed E-state index contributed by atoms with van der Waals surface area (Å²) in [6, 6.07) is 3.97. The molecule has 1 unspecified atom stereocenters. The molecular formula is C12H12N2O6S. The van der Waals surface area contributed by atoms with E-state index in [4.69, 9.17) is 5.11 Å². The molecule has 0 spiro atoms. The first-order valence-electron chi connectivity index (χ1n) is 5.99. The Bertz CT molecular complexity index is 712. The molecule has 1 heterocycles. The van der Waals surface area contributed by atoms with Crippen LogP contribution in [-0.4, -0.2) is 37.3 Å². The van der Waals surface area contributed by atoms with Gasteiger partial charge in [0.25, 0.3) is 0 Å². The van der Waals surface area contributed by atoms with Crippen molar-refractivity contribution in [3.63, 3.8) is 0 Å². The van der Waals surface area contributed by atoms with Crippen LogP contribution in [0.25, 0.3) is 0 Å². The molecular weight excluding hydrogens is 300 g/mol. The van der Waals surface area contributed by atoms with Crippen molar-refractivity contribution in [1.82, 2.24) is 10.0 Å². The van der Waals surface area contributed by atoms with Crippen molar-refractivity contribution < 1.29 is 27.9 Å². The van der Waals surface area contributed by atoms with Crippen LogP contribution >= 0.6 is 0 Å². The summed E-state index contributed by atoms with van der Waals surface area (Å²) in [7, 11) is -4.19. The van der Waals surface area contributed by atoms with E-state index in [1.165, 1.54) is 12.1 Å². The minimum atomic E-state index is -4.19. The van der Waals surface area contributed by atoms with Crippen LogP contribution in [0.2, 0.25) is 0 Å². The van der Waals surface area contributed by atoms with Gasteiger partial charge in [-0.2, -0.15) is 4.72 Å². The van der Waals surface area contributed by atoms with Gasteiger partial charge in [0.05, 0.1) is 10.5 Å². The van der Waals surface area contributed by atoms with E-state index < -0.39 is 44.3 Å². The molecule has 0 bridgehead atoms. The number of carboxylic acids is 1. The molecule has 3 N–H and O–H groups in total. The number of benzene rings is 1. The zero-order chi connectivity index (χ0) is 15.6. The van der Waals surface area contributed by atoms with Crippen molar-refractivity contribution in [2.24, 2.45) is 0 Å². The molecule has 9 heteroatoms. The Morgan fingerprint density at radius 2 is 1.95 bits per heavy atom. The lowest BCUT2D eigenvalue weighted by Gasteiger charge is -2.22. The average molecular weight is 312 g/mol.